The van der Waals surface area contributed by atoms with E-state index in [0.717, 1.165) is 18.4 Å². The van der Waals surface area contributed by atoms with Crippen LogP contribution >= 0.6 is 12.6 Å². The lowest BCUT2D eigenvalue weighted by Crippen LogP contribution is -2.29. The van der Waals surface area contributed by atoms with Crippen molar-refractivity contribution in [3.05, 3.63) is 30.8 Å². The van der Waals surface area contributed by atoms with E-state index >= 15 is 0 Å². The highest BCUT2D eigenvalue weighted by Gasteiger charge is 2.36. The lowest BCUT2D eigenvalue weighted by Gasteiger charge is -2.30. The van der Waals surface area contributed by atoms with E-state index in [1.807, 2.05) is 6.07 Å². The first-order valence-electron chi connectivity index (χ1n) is 8.43. The van der Waals surface area contributed by atoms with Crippen LogP contribution in [0.2, 0.25) is 0 Å². The van der Waals surface area contributed by atoms with E-state index in [0.29, 0.717) is 18.3 Å². The van der Waals surface area contributed by atoms with Gasteiger partial charge in [-0.1, -0.05) is 32.1 Å². The van der Waals surface area contributed by atoms with Crippen molar-refractivity contribution in [3.63, 3.8) is 0 Å². The van der Waals surface area contributed by atoms with Gasteiger partial charge in [0, 0.05) is 22.6 Å². The van der Waals surface area contributed by atoms with Crippen LogP contribution in [-0.2, 0) is 9.53 Å². The first kappa shape index (κ1) is 16.1. The van der Waals surface area contributed by atoms with Gasteiger partial charge >= 0.3 is 0 Å². The van der Waals surface area contributed by atoms with Gasteiger partial charge in [-0.15, -0.1) is 0 Å². The molecule has 3 atom stereocenters. The van der Waals surface area contributed by atoms with Crippen LogP contribution < -0.4 is 0 Å². The minimum atomic E-state index is -0.0752. The van der Waals surface area contributed by atoms with Crippen molar-refractivity contribution in [1.82, 2.24) is 0 Å². The minimum Gasteiger partial charge on any atom is -0.472 e. The third-order valence-electron chi connectivity index (χ3n) is 5.14. The number of ether oxygens (including phenoxy) is 1. The molecule has 1 aromatic heterocycles. The molecule has 0 N–H and O–H groups in total. The lowest BCUT2D eigenvalue weighted by molar-refractivity contribution is -0.127. The highest BCUT2D eigenvalue weighted by Crippen LogP contribution is 2.40. The fraction of sp³-hybridized carbons (Fsp3) is 0.667. The predicted molar refractivity (Wildman–Crippen MR) is 88.5 cm³/mol. The number of furan rings is 1. The van der Waals surface area contributed by atoms with Crippen LogP contribution in [0.1, 0.15) is 55.8 Å². The standard InChI is InChI=1S/C18H25O3S/c19-17(14-6-8-20-11-14)16(10-13-4-2-1-3-5-13)18(22)15-7-9-21-12-15/h7-9,12-14,16,18,22H,1-6,10-11H2. The summed E-state index contributed by atoms with van der Waals surface area (Å²) in [5, 5.41) is -0.0752. The zero-order chi connectivity index (χ0) is 15.4. The quantitative estimate of drug-likeness (QED) is 0.778. The molecule has 0 bridgehead atoms. The number of Topliss-reactive ketones (excluding diaryl/α,β-unsaturated/α-hetero) is 1. The van der Waals surface area contributed by atoms with E-state index in [1.54, 1.807) is 19.1 Å². The molecule has 0 amide bonds. The van der Waals surface area contributed by atoms with Gasteiger partial charge in [-0.25, -0.2) is 0 Å². The van der Waals surface area contributed by atoms with Crippen LogP contribution in [-0.4, -0.2) is 12.4 Å². The van der Waals surface area contributed by atoms with Crippen LogP contribution in [0.5, 0.6) is 0 Å². The summed E-state index contributed by atoms with van der Waals surface area (Å²) in [5.41, 5.74) is 1.01. The average Bonchev–Trinajstić information content (AvgIpc) is 3.25. The molecule has 1 radical (unpaired) electrons. The Morgan fingerprint density at radius 1 is 1.32 bits per heavy atom. The molecule has 2 fully saturated rings. The molecule has 1 aliphatic carbocycles. The van der Waals surface area contributed by atoms with Gasteiger partial charge in [-0.3, -0.25) is 4.79 Å². The van der Waals surface area contributed by atoms with Crippen molar-refractivity contribution in [3.8, 4) is 0 Å². The smallest absolute Gasteiger partial charge is 0.142 e. The number of ketones is 1. The highest BCUT2D eigenvalue weighted by molar-refractivity contribution is 7.80. The predicted octanol–water partition coefficient (Wildman–Crippen LogP) is 4.60. The molecule has 1 aliphatic heterocycles. The number of hydrogen-bond donors (Lipinski definition) is 1. The molecular formula is C18H25O3S. The van der Waals surface area contributed by atoms with Crippen LogP contribution in [0.15, 0.2) is 23.0 Å². The molecule has 1 aromatic rings. The molecule has 3 unspecified atom stereocenters. The van der Waals surface area contributed by atoms with Crippen molar-refractivity contribution in [2.24, 2.45) is 17.8 Å². The van der Waals surface area contributed by atoms with E-state index in [1.165, 1.54) is 32.1 Å². The molecule has 1 saturated carbocycles. The summed E-state index contributed by atoms with van der Waals surface area (Å²) in [4.78, 5) is 13.0. The highest BCUT2D eigenvalue weighted by atomic mass is 32.1. The van der Waals surface area contributed by atoms with E-state index in [4.69, 9.17) is 21.8 Å². The molecule has 22 heavy (non-hydrogen) atoms. The van der Waals surface area contributed by atoms with E-state index in [9.17, 15) is 4.79 Å². The number of hydrogen-bond acceptors (Lipinski definition) is 4. The van der Waals surface area contributed by atoms with Crippen molar-refractivity contribution in [2.75, 3.05) is 6.61 Å². The molecule has 2 heterocycles. The van der Waals surface area contributed by atoms with Crippen molar-refractivity contribution in [2.45, 2.75) is 50.2 Å². The fourth-order valence-electron chi connectivity index (χ4n) is 3.80. The summed E-state index contributed by atoms with van der Waals surface area (Å²) >= 11 is 4.78. The molecule has 4 heteroatoms. The Balaban J connectivity index is 1.72. The molecule has 0 aromatic carbocycles. The number of carbonyl (C=O) groups excluding carboxylic acids is 1. The number of carbonyl (C=O) groups is 1. The Bertz CT molecular complexity index is 459. The van der Waals surface area contributed by atoms with Gasteiger partial charge in [0.15, 0.2) is 0 Å². The molecular weight excluding hydrogens is 296 g/mol. The average molecular weight is 321 g/mol. The van der Waals surface area contributed by atoms with Gasteiger partial charge in [0.05, 0.1) is 25.7 Å². The fourth-order valence-corrected chi connectivity index (χ4v) is 4.21. The Hall–Kier alpha value is -0.740. The summed E-state index contributed by atoms with van der Waals surface area (Å²) < 4.78 is 10.5. The maximum Gasteiger partial charge on any atom is 0.142 e. The second kappa shape index (κ2) is 7.69. The third kappa shape index (κ3) is 3.77. The molecule has 2 aliphatic rings. The lowest BCUT2D eigenvalue weighted by atomic mass is 9.77. The van der Waals surface area contributed by atoms with Crippen LogP contribution in [0.25, 0.3) is 0 Å². The van der Waals surface area contributed by atoms with E-state index < -0.39 is 0 Å². The zero-order valence-electron chi connectivity index (χ0n) is 12.9. The first-order chi connectivity index (χ1) is 10.8. The molecule has 3 rings (SSSR count). The Kier molecular flexibility index (Phi) is 5.64. The molecule has 1 saturated heterocycles. The van der Waals surface area contributed by atoms with Crippen molar-refractivity contribution < 1.29 is 13.9 Å². The Morgan fingerprint density at radius 2 is 2.14 bits per heavy atom. The monoisotopic (exact) mass is 321 g/mol. The summed E-state index contributed by atoms with van der Waals surface area (Å²) in [6.07, 6.45) is 11.5. The first-order valence-corrected chi connectivity index (χ1v) is 8.94. The van der Waals surface area contributed by atoms with Gasteiger partial charge in [0.25, 0.3) is 0 Å². The summed E-state index contributed by atoms with van der Waals surface area (Å²) in [6, 6.07) is 1.93. The van der Waals surface area contributed by atoms with E-state index in [-0.39, 0.29) is 17.1 Å². The topological polar surface area (TPSA) is 39.4 Å². The Labute approximate surface area is 138 Å². The largest absolute Gasteiger partial charge is 0.472 e. The van der Waals surface area contributed by atoms with Crippen molar-refractivity contribution in [1.29, 1.82) is 0 Å². The van der Waals surface area contributed by atoms with Crippen molar-refractivity contribution >= 4 is 18.4 Å². The van der Waals surface area contributed by atoms with Gasteiger partial charge < -0.3 is 9.15 Å². The summed E-state index contributed by atoms with van der Waals surface area (Å²) in [7, 11) is 0. The maximum atomic E-state index is 13.0. The summed E-state index contributed by atoms with van der Waals surface area (Å²) in [5.74, 6) is 0.954. The van der Waals surface area contributed by atoms with Crippen LogP contribution in [0, 0.1) is 24.4 Å². The third-order valence-corrected chi connectivity index (χ3v) is 5.80. The minimum absolute atomic E-state index is 0.00939. The van der Waals surface area contributed by atoms with Gasteiger partial charge in [0.1, 0.15) is 5.78 Å². The van der Waals surface area contributed by atoms with Crippen LogP contribution in [0.4, 0.5) is 0 Å². The second-order valence-corrected chi connectivity index (χ2v) is 7.24. The normalized spacial score (nSPS) is 26.0. The number of rotatable bonds is 6. The molecule has 0 spiro atoms. The Morgan fingerprint density at radius 3 is 2.77 bits per heavy atom. The van der Waals surface area contributed by atoms with Gasteiger partial charge in [-0.2, -0.15) is 12.6 Å². The molecule has 121 valence electrons. The van der Waals surface area contributed by atoms with E-state index in [2.05, 4.69) is 0 Å². The zero-order valence-corrected chi connectivity index (χ0v) is 13.8. The van der Waals surface area contributed by atoms with Gasteiger partial charge in [-0.05, 0) is 24.8 Å². The van der Waals surface area contributed by atoms with Gasteiger partial charge in [0.2, 0.25) is 0 Å². The SMILES string of the molecule is O=C(C1C[CH]OC1)C(CC1CCCCC1)C(S)c1ccoc1. The summed E-state index contributed by atoms with van der Waals surface area (Å²) in [6.45, 7) is 2.30. The maximum absolute atomic E-state index is 13.0. The van der Waals surface area contributed by atoms with Crippen LogP contribution in [0.3, 0.4) is 0 Å². The second-order valence-electron chi connectivity index (χ2n) is 6.68. The number of thiol groups is 1. The molecule has 3 nitrogen and oxygen atoms in total.